The number of nitrogens with one attached hydrogen (secondary N) is 1. The largest absolute Gasteiger partial charge is 0.394 e. The van der Waals surface area contributed by atoms with Gasteiger partial charge in [-0.05, 0) is 17.7 Å². The van der Waals surface area contributed by atoms with Crippen LogP contribution in [-0.4, -0.2) is 48.2 Å². The van der Waals surface area contributed by atoms with Crippen molar-refractivity contribution in [2.75, 3.05) is 18.5 Å². The summed E-state index contributed by atoms with van der Waals surface area (Å²) in [6.07, 6.45) is -0.979. The topological polar surface area (TPSA) is 114 Å². The lowest BCUT2D eigenvalue weighted by Crippen LogP contribution is -2.39. The van der Waals surface area contributed by atoms with Crippen molar-refractivity contribution in [3.8, 4) is 0 Å². The van der Waals surface area contributed by atoms with Gasteiger partial charge in [0.25, 0.3) is 5.56 Å². The Hall–Kier alpha value is -2.33. The van der Waals surface area contributed by atoms with Gasteiger partial charge in [0.2, 0.25) is 5.95 Å². The normalized spacial score (nSPS) is 12.5. The van der Waals surface area contributed by atoms with E-state index in [-0.39, 0.29) is 30.2 Å². The van der Waals surface area contributed by atoms with E-state index in [0.717, 1.165) is 4.57 Å². The zero-order valence-electron chi connectivity index (χ0n) is 15.2. The zero-order chi connectivity index (χ0) is 20.6. The molecule has 0 amide bonds. The molecule has 11 heteroatoms. The van der Waals surface area contributed by atoms with Crippen LogP contribution in [0.5, 0.6) is 0 Å². The van der Waals surface area contributed by atoms with E-state index in [9.17, 15) is 14.7 Å². The molecular weight excluding hydrogens is 409 g/mol. The van der Waals surface area contributed by atoms with Crippen molar-refractivity contribution >= 4 is 40.3 Å². The highest BCUT2D eigenvalue weighted by atomic mass is 35.5. The van der Waals surface area contributed by atoms with Crippen molar-refractivity contribution in [1.82, 2.24) is 18.7 Å². The van der Waals surface area contributed by atoms with Crippen LogP contribution in [0, 0.1) is 0 Å². The Morgan fingerprint density at radius 3 is 2.57 bits per heavy atom. The molecule has 0 saturated carbocycles. The molecule has 0 unspecified atom stereocenters. The summed E-state index contributed by atoms with van der Waals surface area (Å²) in [6, 6.07) is 4.84. The van der Waals surface area contributed by atoms with Crippen LogP contribution < -0.4 is 16.6 Å². The SMILES string of the molecule is Cn1c(NC[C@H](O)CO)nc2c1c(=O)n(Cc1ccc(Cl)cc1Cl)c(=O)n2C. The molecule has 3 aromatic rings. The molecule has 0 spiro atoms. The lowest BCUT2D eigenvalue weighted by molar-refractivity contribution is 0.105. The summed E-state index contributed by atoms with van der Waals surface area (Å²) < 4.78 is 3.85. The quantitative estimate of drug-likeness (QED) is 0.529. The molecule has 9 nitrogen and oxygen atoms in total. The van der Waals surface area contributed by atoms with Gasteiger partial charge in [0.15, 0.2) is 11.2 Å². The van der Waals surface area contributed by atoms with Crippen molar-refractivity contribution in [2.45, 2.75) is 12.6 Å². The minimum absolute atomic E-state index is 0.0192. The molecule has 0 aliphatic carbocycles. The molecule has 1 atom stereocenters. The van der Waals surface area contributed by atoms with Gasteiger partial charge in [0.1, 0.15) is 0 Å². The second kappa shape index (κ2) is 7.96. The Kier molecular flexibility index (Phi) is 5.80. The fourth-order valence-corrected chi connectivity index (χ4v) is 3.30. The number of rotatable bonds is 6. The molecule has 1 aromatic carbocycles. The first-order valence-electron chi connectivity index (χ1n) is 8.37. The molecule has 3 N–H and O–H groups in total. The number of aliphatic hydroxyl groups excluding tert-OH is 2. The average molecular weight is 428 g/mol. The van der Waals surface area contributed by atoms with Gasteiger partial charge in [-0.15, -0.1) is 0 Å². The fraction of sp³-hybridized carbons (Fsp3) is 0.353. The minimum Gasteiger partial charge on any atom is -0.394 e. The number of hydrogen-bond acceptors (Lipinski definition) is 6. The highest BCUT2D eigenvalue weighted by molar-refractivity contribution is 6.35. The molecule has 2 heterocycles. The molecule has 0 bridgehead atoms. The maximum absolute atomic E-state index is 13.0. The van der Waals surface area contributed by atoms with E-state index in [2.05, 4.69) is 10.3 Å². The fourth-order valence-electron chi connectivity index (χ4n) is 2.83. The third-order valence-electron chi connectivity index (χ3n) is 4.41. The van der Waals surface area contributed by atoms with Crippen molar-refractivity contribution < 1.29 is 10.2 Å². The van der Waals surface area contributed by atoms with Gasteiger partial charge in [-0.2, -0.15) is 4.98 Å². The number of hydrogen-bond donors (Lipinski definition) is 3. The Labute approximate surface area is 169 Å². The second-order valence-corrected chi connectivity index (χ2v) is 7.20. The van der Waals surface area contributed by atoms with E-state index in [1.165, 1.54) is 16.2 Å². The average Bonchev–Trinajstić information content (AvgIpc) is 2.99. The number of aromatic nitrogens is 4. The van der Waals surface area contributed by atoms with Crippen LogP contribution in [-0.2, 0) is 20.6 Å². The maximum atomic E-state index is 13.0. The standard InChI is InChI=1S/C17H19Cl2N5O4/c1-22-13-14(21-16(22)20-6-11(26)8-25)23(2)17(28)24(15(13)27)7-9-3-4-10(18)5-12(9)19/h3-5,11,25-26H,6-8H2,1-2H3,(H,20,21)/t11-/m0/s1. The first kappa shape index (κ1) is 20.4. The Bertz CT molecular complexity index is 1150. The lowest BCUT2D eigenvalue weighted by Gasteiger charge is -2.10. The third kappa shape index (κ3) is 3.66. The van der Waals surface area contributed by atoms with E-state index in [1.54, 1.807) is 25.2 Å². The molecule has 150 valence electrons. The summed E-state index contributed by atoms with van der Waals surface area (Å²) in [5.74, 6) is 0.289. The molecule has 0 fully saturated rings. The van der Waals surface area contributed by atoms with E-state index < -0.39 is 24.0 Å². The number of halogens is 2. The lowest BCUT2D eigenvalue weighted by atomic mass is 10.2. The summed E-state index contributed by atoms with van der Waals surface area (Å²) in [5.41, 5.74) is -0.0558. The highest BCUT2D eigenvalue weighted by Crippen LogP contribution is 2.21. The van der Waals surface area contributed by atoms with E-state index in [0.29, 0.717) is 15.6 Å². The number of anilines is 1. The van der Waals surface area contributed by atoms with Gasteiger partial charge in [0.05, 0.1) is 19.3 Å². The third-order valence-corrected chi connectivity index (χ3v) is 5.00. The molecule has 28 heavy (non-hydrogen) atoms. The summed E-state index contributed by atoms with van der Waals surface area (Å²) in [7, 11) is 3.14. The van der Waals surface area contributed by atoms with Crippen LogP contribution in [0.1, 0.15) is 5.56 Å². The van der Waals surface area contributed by atoms with Crippen molar-refractivity contribution in [3.05, 3.63) is 54.6 Å². The predicted molar refractivity (Wildman–Crippen MR) is 107 cm³/mol. The number of nitrogens with zero attached hydrogens (tertiary/aromatic N) is 4. The number of aryl methyl sites for hydroxylation is 2. The maximum Gasteiger partial charge on any atom is 0.332 e. The zero-order valence-corrected chi connectivity index (χ0v) is 16.7. The minimum atomic E-state index is -0.979. The van der Waals surface area contributed by atoms with Crippen molar-refractivity contribution in [2.24, 2.45) is 14.1 Å². The number of aliphatic hydroxyl groups is 2. The molecule has 2 aromatic heterocycles. The van der Waals surface area contributed by atoms with Crippen LogP contribution in [0.3, 0.4) is 0 Å². The molecular formula is C17H19Cl2N5O4. The van der Waals surface area contributed by atoms with Crippen LogP contribution in [0.25, 0.3) is 11.2 Å². The molecule has 0 aliphatic rings. The monoisotopic (exact) mass is 427 g/mol. The van der Waals surface area contributed by atoms with E-state index >= 15 is 0 Å². The van der Waals surface area contributed by atoms with Crippen LogP contribution in [0.15, 0.2) is 27.8 Å². The van der Waals surface area contributed by atoms with Crippen molar-refractivity contribution in [3.63, 3.8) is 0 Å². The Morgan fingerprint density at radius 1 is 1.21 bits per heavy atom. The smallest absolute Gasteiger partial charge is 0.332 e. The van der Waals surface area contributed by atoms with Gasteiger partial charge in [-0.1, -0.05) is 29.3 Å². The summed E-state index contributed by atoms with van der Waals surface area (Å²) in [6.45, 7) is -0.394. The van der Waals surface area contributed by atoms with Crippen LogP contribution >= 0.6 is 23.2 Å². The van der Waals surface area contributed by atoms with Gasteiger partial charge < -0.3 is 20.1 Å². The van der Waals surface area contributed by atoms with Crippen LogP contribution in [0.2, 0.25) is 10.0 Å². The summed E-state index contributed by atoms with van der Waals surface area (Å²) in [5, 5.41) is 22.1. The van der Waals surface area contributed by atoms with Gasteiger partial charge in [-0.3, -0.25) is 13.9 Å². The second-order valence-electron chi connectivity index (χ2n) is 6.35. The van der Waals surface area contributed by atoms with Crippen molar-refractivity contribution in [1.29, 1.82) is 0 Å². The molecule has 0 radical (unpaired) electrons. The molecule has 3 rings (SSSR count). The number of imidazole rings is 1. The number of fused-ring (bicyclic) bond motifs is 1. The van der Waals surface area contributed by atoms with Gasteiger partial charge in [-0.25, -0.2) is 4.79 Å². The summed E-state index contributed by atoms with van der Waals surface area (Å²) in [4.78, 5) is 30.0. The first-order valence-corrected chi connectivity index (χ1v) is 9.13. The Morgan fingerprint density at radius 2 is 1.93 bits per heavy atom. The first-order chi connectivity index (χ1) is 13.2. The number of benzene rings is 1. The molecule has 0 saturated heterocycles. The summed E-state index contributed by atoms with van der Waals surface area (Å²) >= 11 is 12.1. The van der Waals surface area contributed by atoms with E-state index in [1.807, 2.05) is 0 Å². The molecule has 0 aliphatic heterocycles. The Balaban J connectivity index is 2.11. The van der Waals surface area contributed by atoms with Gasteiger partial charge in [0, 0.05) is 30.7 Å². The van der Waals surface area contributed by atoms with E-state index in [4.69, 9.17) is 28.3 Å². The van der Waals surface area contributed by atoms with Gasteiger partial charge >= 0.3 is 5.69 Å². The van der Waals surface area contributed by atoms with Crippen LogP contribution in [0.4, 0.5) is 5.95 Å². The predicted octanol–water partition coefficient (Wildman–Crippen LogP) is 0.554. The highest BCUT2D eigenvalue weighted by Gasteiger charge is 2.19.